The summed E-state index contributed by atoms with van der Waals surface area (Å²) >= 11 is 3.66. The average molecular weight is 764 g/mol. The SMILES string of the molecule is c1ccc(-c2ccc3c(c2)c2cc(-c4cccc5c4Sc4c(cccc4-c4nc(-c6ccccc6)cc(-c6ccccc6)n4)S5)ccc2n3-c2ccccc2)cc1. The Bertz CT molecular complexity index is 3050. The van der Waals surface area contributed by atoms with E-state index in [4.69, 9.17) is 9.97 Å². The van der Waals surface area contributed by atoms with Crippen molar-refractivity contribution in [3.05, 3.63) is 200 Å². The van der Waals surface area contributed by atoms with Crippen molar-refractivity contribution in [3.8, 4) is 61.8 Å². The Kier molecular flexibility index (Phi) is 8.34. The molecule has 3 heterocycles. The first-order chi connectivity index (χ1) is 28.2. The van der Waals surface area contributed by atoms with Gasteiger partial charge in [0, 0.05) is 52.7 Å². The van der Waals surface area contributed by atoms with Gasteiger partial charge in [-0.1, -0.05) is 163 Å². The molecule has 0 bridgehead atoms. The molecule has 8 aromatic carbocycles. The first-order valence-electron chi connectivity index (χ1n) is 19.1. The fourth-order valence-electron chi connectivity index (χ4n) is 7.96. The van der Waals surface area contributed by atoms with Crippen molar-refractivity contribution < 1.29 is 0 Å². The topological polar surface area (TPSA) is 30.7 Å². The quantitative estimate of drug-likeness (QED) is 0.169. The third kappa shape index (κ3) is 6.04. The lowest BCUT2D eigenvalue weighted by Gasteiger charge is -2.23. The van der Waals surface area contributed by atoms with E-state index in [1.807, 2.05) is 35.7 Å². The molecule has 57 heavy (non-hydrogen) atoms. The Morgan fingerprint density at radius 2 is 0.842 bits per heavy atom. The van der Waals surface area contributed by atoms with Crippen LogP contribution in [0, 0.1) is 0 Å². The van der Waals surface area contributed by atoms with Crippen LogP contribution in [0.4, 0.5) is 0 Å². The van der Waals surface area contributed by atoms with Gasteiger partial charge in [0.1, 0.15) is 0 Å². The predicted octanol–water partition coefficient (Wildman–Crippen LogP) is 14.5. The number of nitrogens with zero attached hydrogens (tertiary/aromatic N) is 3. The minimum Gasteiger partial charge on any atom is -0.309 e. The molecule has 0 saturated heterocycles. The van der Waals surface area contributed by atoms with Crippen molar-refractivity contribution >= 4 is 45.3 Å². The van der Waals surface area contributed by atoms with E-state index in [0.717, 1.165) is 39.6 Å². The Balaban J connectivity index is 1.06. The Labute approximate surface area is 339 Å². The molecule has 0 unspecified atom stereocenters. The van der Waals surface area contributed by atoms with E-state index in [1.54, 1.807) is 0 Å². The maximum Gasteiger partial charge on any atom is 0.161 e. The number of benzene rings is 8. The molecular weight excluding hydrogens is 731 g/mol. The largest absolute Gasteiger partial charge is 0.309 e. The van der Waals surface area contributed by atoms with Gasteiger partial charge in [0.25, 0.3) is 0 Å². The van der Waals surface area contributed by atoms with Gasteiger partial charge in [-0.3, -0.25) is 0 Å². The maximum absolute atomic E-state index is 5.23. The van der Waals surface area contributed by atoms with Gasteiger partial charge >= 0.3 is 0 Å². The van der Waals surface area contributed by atoms with Crippen LogP contribution in [-0.2, 0) is 0 Å². The summed E-state index contributed by atoms with van der Waals surface area (Å²) in [5.74, 6) is 0.727. The van der Waals surface area contributed by atoms with Gasteiger partial charge in [0.05, 0.1) is 22.4 Å². The highest BCUT2D eigenvalue weighted by atomic mass is 32.2. The molecule has 0 amide bonds. The van der Waals surface area contributed by atoms with Crippen LogP contribution in [-0.4, -0.2) is 14.5 Å². The molecule has 10 aromatic rings. The lowest BCUT2D eigenvalue weighted by atomic mass is 10.0. The summed E-state index contributed by atoms with van der Waals surface area (Å²) in [5.41, 5.74) is 13.4. The zero-order valence-electron chi connectivity index (χ0n) is 30.7. The first kappa shape index (κ1) is 33.7. The van der Waals surface area contributed by atoms with E-state index in [9.17, 15) is 0 Å². The molecule has 1 aliphatic rings. The normalized spacial score (nSPS) is 12.1. The predicted molar refractivity (Wildman–Crippen MR) is 238 cm³/mol. The van der Waals surface area contributed by atoms with Gasteiger partial charge in [0.2, 0.25) is 0 Å². The second-order valence-corrected chi connectivity index (χ2v) is 16.3. The molecule has 2 aromatic heterocycles. The van der Waals surface area contributed by atoms with Crippen LogP contribution in [0.3, 0.4) is 0 Å². The van der Waals surface area contributed by atoms with Crippen LogP contribution in [0.5, 0.6) is 0 Å². The molecule has 1 aliphatic heterocycles. The zero-order chi connectivity index (χ0) is 37.7. The lowest BCUT2D eigenvalue weighted by molar-refractivity contribution is 1.12. The highest BCUT2D eigenvalue weighted by Crippen LogP contribution is 2.54. The number of aromatic nitrogens is 3. The van der Waals surface area contributed by atoms with Gasteiger partial charge in [-0.05, 0) is 82.9 Å². The highest BCUT2D eigenvalue weighted by molar-refractivity contribution is 8.05. The van der Waals surface area contributed by atoms with Crippen molar-refractivity contribution in [2.45, 2.75) is 19.6 Å². The highest BCUT2D eigenvalue weighted by Gasteiger charge is 2.25. The number of hydrogen-bond donors (Lipinski definition) is 0. The van der Waals surface area contributed by atoms with E-state index in [0.29, 0.717) is 0 Å². The summed E-state index contributed by atoms with van der Waals surface area (Å²) in [7, 11) is 0. The zero-order valence-corrected chi connectivity index (χ0v) is 32.3. The second-order valence-electron chi connectivity index (χ2n) is 14.2. The van der Waals surface area contributed by atoms with E-state index in [-0.39, 0.29) is 0 Å². The molecular formula is C52H33N3S2. The third-order valence-corrected chi connectivity index (χ3v) is 13.4. The number of fused-ring (bicyclic) bond motifs is 5. The standard InChI is InChI=1S/C52H33N3S2/c1-5-15-34(16-6-1)37-27-29-46-42(31-37)43-32-38(28-30-47(43)55(46)39-21-11-4-12-22-39)40-23-13-25-48-50(40)57-51-41(24-14-26-49(51)56-48)52-53-44(35-17-7-2-8-18-35)33-45(54-52)36-19-9-3-10-20-36/h1-33H. The molecule has 11 rings (SSSR count). The molecule has 0 radical (unpaired) electrons. The second kappa shape index (κ2) is 14.1. The third-order valence-electron chi connectivity index (χ3n) is 10.7. The summed E-state index contributed by atoms with van der Waals surface area (Å²) < 4.78 is 2.39. The fraction of sp³-hybridized carbons (Fsp3) is 0. The average Bonchev–Trinajstić information content (AvgIpc) is 3.62. The van der Waals surface area contributed by atoms with Crippen molar-refractivity contribution in [1.29, 1.82) is 0 Å². The molecule has 0 saturated carbocycles. The van der Waals surface area contributed by atoms with Gasteiger partial charge < -0.3 is 4.57 Å². The van der Waals surface area contributed by atoms with Crippen molar-refractivity contribution in [1.82, 2.24) is 14.5 Å². The van der Waals surface area contributed by atoms with Gasteiger partial charge in [-0.15, -0.1) is 0 Å². The monoisotopic (exact) mass is 763 g/mol. The molecule has 0 fully saturated rings. The molecule has 5 heteroatoms. The first-order valence-corrected chi connectivity index (χ1v) is 20.7. The minimum absolute atomic E-state index is 0.727. The van der Waals surface area contributed by atoms with E-state index >= 15 is 0 Å². The lowest BCUT2D eigenvalue weighted by Crippen LogP contribution is -1.99. The van der Waals surface area contributed by atoms with Gasteiger partial charge in [-0.25, -0.2) is 9.97 Å². The van der Waals surface area contributed by atoms with Crippen LogP contribution in [0.25, 0.3) is 83.6 Å². The summed E-state index contributed by atoms with van der Waals surface area (Å²) in [4.78, 5) is 15.4. The minimum atomic E-state index is 0.727. The van der Waals surface area contributed by atoms with Crippen molar-refractivity contribution in [3.63, 3.8) is 0 Å². The summed E-state index contributed by atoms with van der Waals surface area (Å²) in [6, 6.07) is 71.4. The molecule has 0 aliphatic carbocycles. The molecule has 268 valence electrons. The van der Waals surface area contributed by atoms with Crippen LogP contribution < -0.4 is 0 Å². The number of rotatable bonds is 6. The molecule has 3 nitrogen and oxygen atoms in total. The fourth-order valence-corrected chi connectivity index (χ4v) is 10.5. The van der Waals surface area contributed by atoms with Gasteiger partial charge in [0.15, 0.2) is 5.82 Å². The Morgan fingerprint density at radius 1 is 0.351 bits per heavy atom. The molecule has 0 spiro atoms. The van der Waals surface area contributed by atoms with E-state index in [1.165, 1.54) is 63.6 Å². The van der Waals surface area contributed by atoms with Crippen LogP contribution in [0.15, 0.2) is 220 Å². The Morgan fingerprint density at radius 3 is 1.44 bits per heavy atom. The van der Waals surface area contributed by atoms with Crippen LogP contribution >= 0.6 is 23.5 Å². The van der Waals surface area contributed by atoms with Crippen molar-refractivity contribution in [2.75, 3.05) is 0 Å². The molecule has 0 N–H and O–H groups in total. The molecule has 0 atom stereocenters. The van der Waals surface area contributed by atoms with Crippen molar-refractivity contribution in [2.24, 2.45) is 0 Å². The van der Waals surface area contributed by atoms with E-state index in [2.05, 4.69) is 193 Å². The Hall–Kier alpha value is -6.66. The summed E-state index contributed by atoms with van der Waals surface area (Å²) in [6.07, 6.45) is 0. The van der Waals surface area contributed by atoms with Gasteiger partial charge in [-0.2, -0.15) is 0 Å². The number of hydrogen-bond acceptors (Lipinski definition) is 4. The van der Waals surface area contributed by atoms with Crippen LogP contribution in [0.2, 0.25) is 0 Å². The number of para-hydroxylation sites is 1. The van der Waals surface area contributed by atoms with Crippen LogP contribution in [0.1, 0.15) is 0 Å². The smallest absolute Gasteiger partial charge is 0.161 e. The van der Waals surface area contributed by atoms with E-state index < -0.39 is 0 Å². The summed E-state index contributed by atoms with van der Waals surface area (Å²) in [6.45, 7) is 0. The summed E-state index contributed by atoms with van der Waals surface area (Å²) in [5, 5.41) is 2.47. The maximum atomic E-state index is 5.23.